The van der Waals surface area contributed by atoms with E-state index in [2.05, 4.69) is 0 Å². The van der Waals surface area contributed by atoms with Gasteiger partial charge in [-0.15, -0.1) is 0 Å². The standard InChI is InChI=1S/C11H12O3/c1-7-6-8(11(12)13)2-3-9(7)10-4-5-14-10/h2-3,6,10H,4-5H2,1H3,(H,12,13). The van der Waals surface area contributed by atoms with Gasteiger partial charge in [0.2, 0.25) is 0 Å². The Morgan fingerprint density at radius 3 is 2.71 bits per heavy atom. The summed E-state index contributed by atoms with van der Waals surface area (Å²) in [6, 6.07) is 5.17. The first-order chi connectivity index (χ1) is 6.68. The molecule has 3 heteroatoms. The van der Waals surface area contributed by atoms with Crippen molar-refractivity contribution in [1.82, 2.24) is 0 Å². The number of benzene rings is 1. The predicted octanol–water partition coefficient (Wildman–Crippen LogP) is 2.15. The largest absolute Gasteiger partial charge is 0.478 e. The molecule has 2 rings (SSSR count). The Hall–Kier alpha value is -1.35. The number of hydrogen-bond acceptors (Lipinski definition) is 2. The summed E-state index contributed by atoms with van der Waals surface area (Å²) >= 11 is 0. The second-order valence-corrected chi connectivity index (χ2v) is 3.52. The lowest BCUT2D eigenvalue weighted by Crippen LogP contribution is -2.19. The topological polar surface area (TPSA) is 46.5 Å². The van der Waals surface area contributed by atoms with Crippen molar-refractivity contribution in [2.24, 2.45) is 0 Å². The van der Waals surface area contributed by atoms with Crippen LogP contribution in [0.3, 0.4) is 0 Å². The average Bonchev–Trinajstić information content (AvgIpc) is 2.04. The summed E-state index contributed by atoms with van der Waals surface area (Å²) in [6.45, 7) is 2.73. The van der Waals surface area contributed by atoms with Crippen LogP contribution in [0.5, 0.6) is 0 Å². The third-order valence-corrected chi connectivity index (χ3v) is 2.56. The Labute approximate surface area is 82.3 Å². The molecule has 74 valence electrons. The van der Waals surface area contributed by atoms with Gasteiger partial charge in [-0.2, -0.15) is 0 Å². The van der Waals surface area contributed by atoms with Crippen molar-refractivity contribution in [3.8, 4) is 0 Å². The van der Waals surface area contributed by atoms with Gasteiger partial charge in [0.25, 0.3) is 0 Å². The van der Waals surface area contributed by atoms with Gasteiger partial charge in [-0.1, -0.05) is 6.07 Å². The summed E-state index contributed by atoms with van der Waals surface area (Å²) in [6.07, 6.45) is 1.21. The van der Waals surface area contributed by atoms with Crippen LogP contribution < -0.4 is 0 Å². The molecule has 0 aromatic heterocycles. The van der Waals surface area contributed by atoms with Crippen LogP contribution in [-0.2, 0) is 4.74 Å². The van der Waals surface area contributed by atoms with Crippen LogP contribution in [0.15, 0.2) is 18.2 Å². The fourth-order valence-corrected chi connectivity index (χ4v) is 1.65. The number of ether oxygens (including phenoxy) is 1. The summed E-state index contributed by atoms with van der Waals surface area (Å²) in [5, 5.41) is 8.78. The maximum Gasteiger partial charge on any atom is 0.335 e. The van der Waals surface area contributed by atoms with Crippen molar-refractivity contribution < 1.29 is 14.6 Å². The van der Waals surface area contributed by atoms with E-state index in [1.807, 2.05) is 13.0 Å². The highest BCUT2D eigenvalue weighted by molar-refractivity contribution is 5.87. The molecule has 0 aliphatic carbocycles. The number of aryl methyl sites for hydroxylation is 1. The SMILES string of the molecule is Cc1cc(C(=O)O)ccc1C1CCO1. The number of carboxylic acids is 1. The maximum atomic E-state index is 10.7. The van der Waals surface area contributed by atoms with Crippen LogP contribution >= 0.6 is 0 Å². The highest BCUT2D eigenvalue weighted by atomic mass is 16.5. The highest BCUT2D eigenvalue weighted by Gasteiger charge is 2.22. The smallest absolute Gasteiger partial charge is 0.335 e. The third kappa shape index (κ3) is 1.51. The lowest BCUT2D eigenvalue weighted by molar-refractivity contribution is -0.0530. The average molecular weight is 192 g/mol. The minimum Gasteiger partial charge on any atom is -0.478 e. The Kier molecular flexibility index (Phi) is 2.25. The van der Waals surface area contributed by atoms with E-state index in [0.717, 1.165) is 24.2 Å². The zero-order chi connectivity index (χ0) is 10.1. The van der Waals surface area contributed by atoms with E-state index in [0.29, 0.717) is 5.56 Å². The molecule has 0 bridgehead atoms. The van der Waals surface area contributed by atoms with Gasteiger partial charge in [-0.25, -0.2) is 4.79 Å². The van der Waals surface area contributed by atoms with Crippen LogP contribution in [0, 0.1) is 6.92 Å². The first-order valence-corrected chi connectivity index (χ1v) is 4.64. The maximum absolute atomic E-state index is 10.7. The second-order valence-electron chi connectivity index (χ2n) is 3.52. The molecule has 1 unspecified atom stereocenters. The molecule has 1 heterocycles. The van der Waals surface area contributed by atoms with E-state index in [1.54, 1.807) is 12.1 Å². The van der Waals surface area contributed by atoms with Gasteiger partial charge < -0.3 is 9.84 Å². The third-order valence-electron chi connectivity index (χ3n) is 2.56. The van der Waals surface area contributed by atoms with Crippen LogP contribution in [0.2, 0.25) is 0 Å². The first-order valence-electron chi connectivity index (χ1n) is 4.64. The zero-order valence-electron chi connectivity index (χ0n) is 7.99. The van der Waals surface area contributed by atoms with Crippen molar-refractivity contribution in [2.45, 2.75) is 19.4 Å². The normalized spacial score (nSPS) is 20.2. The molecule has 1 atom stereocenters. The second kappa shape index (κ2) is 3.42. The lowest BCUT2D eigenvalue weighted by atomic mass is 9.97. The van der Waals surface area contributed by atoms with Crippen LogP contribution in [-0.4, -0.2) is 17.7 Å². The Morgan fingerprint density at radius 2 is 2.29 bits per heavy atom. The zero-order valence-corrected chi connectivity index (χ0v) is 7.99. The molecule has 0 saturated carbocycles. The summed E-state index contributed by atoms with van der Waals surface area (Å²) in [4.78, 5) is 10.7. The predicted molar refractivity (Wildman–Crippen MR) is 51.4 cm³/mol. The van der Waals surface area contributed by atoms with Crippen molar-refractivity contribution >= 4 is 5.97 Å². The van der Waals surface area contributed by atoms with E-state index < -0.39 is 5.97 Å². The molecule has 1 N–H and O–H groups in total. The van der Waals surface area contributed by atoms with E-state index in [4.69, 9.17) is 9.84 Å². The molecule has 1 aromatic rings. The summed E-state index contributed by atoms with van der Waals surface area (Å²) in [5.74, 6) is -0.880. The number of rotatable bonds is 2. The molecule has 0 amide bonds. The highest BCUT2D eigenvalue weighted by Crippen LogP contribution is 2.31. The van der Waals surface area contributed by atoms with Gasteiger partial charge in [0.15, 0.2) is 0 Å². The Balaban J connectivity index is 2.30. The van der Waals surface area contributed by atoms with E-state index >= 15 is 0 Å². The molecule has 1 aliphatic heterocycles. The first kappa shape index (κ1) is 9.21. The monoisotopic (exact) mass is 192 g/mol. The molecular weight excluding hydrogens is 180 g/mol. The van der Waals surface area contributed by atoms with E-state index in [-0.39, 0.29) is 6.10 Å². The van der Waals surface area contributed by atoms with Gasteiger partial charge in [0, 0.05) is 6.42 Å². The molecule has 1 aromatic carbocycles. The number of aromatic carboxylic acids is 1. The van der Waals surface area contributed by atoms with Gasteiger partial charge in [0.1, 0.15) is 0 Å². The molecule has 0 radical (unpaired) electrons. The number of carboxylic acid groups (broad SMARTS) is 1. The molecule has 1 aliphatic rings. The summed E-state index contributed by atoms with van der Waals surface area (Å²) in [5.41, 5.74) is 2.45. The molecule has 1 fully saturated rings. The molecule has 1 saturated heterocycles. The Bertz CT molecular complexity index is 367. The minimum atomic E-state index is -0.880. The molecule has 14 heavy (non-hydrogen) atoms. The van der Waals surface area contributed by atoms with E-state index in [1.165, 1.54) is 0 Å². The van der Waals surface area contributed by atoms with Crippen molar-refractivity contribution in [1.29, 1.82) is 0 Å². The summed E-state index contributed by atoms with van der Waals surface area (Å²) in [7, 11) is 0. The van der Waals surface area contributed by atoms with Crippen LogP contribution in [0.1, 0.15) is 34.0 Å². The minimum absolute atomic E-state index is 0.179. The van der Waals surface area contributed by atoms with Gasteiger partial charge >= 0.3 is 5.97 Å². The molecule has 0 spiro atoms. The van der Waals surface area contributed by atoms with Crippen molar-refractivity contribution in [3.63, 3.8) is 0 Å². The van der Waals surface area contributed by atoms with Gasteiger partial charge in [-0.3, -0.25) is 0 Å². The van der Waals surface area contributed by atoms with Crippen LogP contribution in [0.25, 0.3) is 0 Å². The van der Waals surface area contributed by atoms with E-state index in [9.17, 15) is 4.79 Å². The van der Waals surface area contributed by atoms with Gasteiger partial charge in [0.05, 0.1) is 18.3 Å². The fourth-order valence-electron chi connectivity index (χ4n) is 1.65. The molecular formula is C11H12O3. The quantitative estimate of drug-likeness (QED) is 0.781. The Morgan fingerprint density at radius 1 is 1.57 bits per heavy atom. The fraction of sp³-hybridized carbons (Fsp3) is 0.364. The van der Waals surface area contributed by atoms with Gasteiger partial charge in [-0.05, 0) is 30.2 Å². The molecule has 3 nitrogen and oxygen atoms in total. The number of carbonyl (C=O) groups is 1. The number of hydrogen-bond donors (Lipinski definition) is 1. The lowest BCUT2D eigenvalue weighted by Gasteiger charge is -2.28. The summed E-state index contributed by atoms with van der Waals surface area (Å²) < 4.78 is 5.35. The van der Waals surface area contributed by atoms with Crippen molar-refractivity contribution in [3.05, 3.63) is 34.9 Å². The van der Waals surface area contributed by atoms with Crippen molar-refractivity contribution in [2.75, 3.05) is 6.61 Å². The van der Waals surface area contributed by atoms with Crippen LogP contribution in [0.4, 0.5) is 0 Å².